The van der Waals surface area contributed by atoms with Crippen LogP contribution in [0.4, 0.5) is 0 Å². The lowest BCUT2D eigenvalue weighted by molar-refractivity contribution is -0.116. The van der Waals surface area contributed by atoms with Gasteiger partial charge in [-0.25, -0.2) is 4.99 Å². The van der Waals surface area contributed by atoms with Crippen molar-refractivity contribution in [1.29, 1.82) is 0 Å². The Bertz CT molecular complexity index is 318. The summed E-state index contributed by atoms with van der Waals surface area (Å²) in [5.74, 6) is -0.00815. The van der Waals surface area contributed by atoms with E-state index >= 15 is 0 Å². The van der Waals surface area contributed by atoms with Crippen LogP contribution in [0.25, 0.3) is 0 Å². The number of hydrogen-bond donors (Lipinski definition) is 1. The summed E-state index contributed by atoms with van der Waals surface area (Å²) in [5, 5.41) is 9.81. The van der Waals surface area contributed by atoms with E-state index in [9.17, 15) is 4.79 Å². The van der Waals surface area contributed by atoms with Gasteiger partial charge in [0.1, 0.15) is 5.57 Å². The summed E-state index contributed by atoms with van der Waals surface area (Å²) >= 11 is 0. The van der Waals surface area contributed by atoms with Gasteiger partial charge in [-0.2, -0.15) is 5.11 Å². The van der Waals surface area contributed by atoms with E-state index in [0.29, 0.717) is 5.57 Å². The fourth-order valence-corrected chi connectivity index (χ4v) is 1.04. The van der Waals surface area contributed by atoms with E-state index in [0.717, 1.165) is 0 Å². The van der Waals surface area contributed by atoms with Crippen molar-refractivity contribution in [2.24, 2.45) is 15.2 Å². The average Bonchev–Trinajstić information content (AvgIpc) is 2.49. The summed E-state index contributed by atoms with van der Waals surface area (Å²) in [4.78, 5) is 15.1. The van der Waals surface area contributed by atoms with Crippen molar-refractivity contribution in [3.05, 3.63) is 11.5 Å². The van der Waals surface area contributed by atoms with Crippen LogP contribution in [0.5, 0.6) is 0 Å². The summed E-state index contributed by atoms with van der Waals surface area (Å²) in [7, 11) is 1.44. The molecule has 0 saturated carbocycles. The first-order valence-electron chi connectivity index (χ1n) is 3.34. The molecule has 0 aromatic heterocycles. The molecule has 0 radical (unpaired) electrons. The average molecular weight is 166 g/mol. The lowest BCUT2D eigenvalue weighted by Crippen LogP contribution is -2.32. The highest BCUT2D eigenvalue weighted by molar-refractivity contribution is 6.03. The molecule has 62 valence electrons. The molecule has 0 aliphatic carbocycles. The molecule has 1 N–H and O–H groups in total. The van der Waals surface area contributed by atoms with Crippen LogP contribution in [0.1, 0.15) is 0 Å². The number of fused-ring (bicyclic) bond motifs is 1. The summed E-state index contributed by atoms with van der Waals surface area (Å²) in [5.41, 5.74) is 0.375. The van der Waals surface area contributed by atoms with E-state index in [1.807, 2.05) is 0 Å². The van der Waals surface area contributed by atoms with Gasteiger partial charge >= 0.3 is 0 Å². The Kier molecular flexibility index (Phi) is 1.39. The van der Waals surface area contributed by atoms with Gasteiger partial charge in [0.05, 0.1) is 13.4 Å². The fourth-order valence-electron chi connectivity index (χ4n) is 1.04. The van der Waals surface area contributed by atoms with Crippen molar-refractivity contribution in [2.45, 2.75) is 6.17 Å². The number of nitrogens with zero attached hydrogens (tertiary/aromatic N) is 3. The highest BCUT2D eigenvalue weighted by atomic mass is 16.5. The summed E-state index contributed by atoms with van der Waals surface area (Å²) in [6.45, 7) is 0. The van der Waals surface area contributed by atoms with Crippen LogP contribution in [-0.4, -0.2) is 25.5 Å². The van der Waals surface area contributed by atoms with E-state index in [1.54, 1.807) is 0 Å². The standard InChI is InChI=1S/C6H6N4O2/c1-12-6-3-4(9-10-6)7-2-8-5(3)11/h2,4H,1H3,(H,7,8,11). The SMILES string of the molecule is COC1=C2C(=O)NC=NC2N=N1. The van der Waals surface area contributed by atoms with E-state index in [1.165, 1.54) is 13.4 Å². The molecule has 0 saturated heterocycles. The van der Waals surface area contributed by atoms with E-state index < -0.39 is 6.17 Å². The number of aliphatic imine (C=N–C) groups is 1. The zero-order valence-corrected chi connectivity index (χ0v) is 6.31. The van der Waals surface area contributed by atoms with E-state index in [4.69, 9.17) is 4.74 Å². The van der Waals surface area contributed by atoms with E-state index in [-0.39, 0.29) is 11.8 Å². The first-order chi connectivity index (χ1) is 5.83. The normalized spacial score (nSPS) is 25.8. The lowest BCUT2D eigenvalue weighted by atomic mass is 10.2. The maximum atomic E-state index is 11.2. The zero-order valence-electron chi connectivity index (χ0n) is 6.31. The molecule has 2 aliphatic rings. The molecule has 0 bridgehead atoms. The first kappa shape index (κ1) is 6.96. The quantitative estimate of drug-likeness (QED) is 0.585. The summed E-state index contributed by atoms with van der Waals surface area (Å²) in [6.07, 6.45) is 0.808. The predicted octanol–water partition coefficient (Wildman–Crippen LogP) is -0.206. The van der Waals surface area contributed by atoms with Gasteiger partial charge in [-0.1, -0.05) is 0 Å². The molecule has 2 rings (SSSR count). The number of nitrogens with one attached hydrogen (secondary N) is 1. The second-order valence-corrected chi connectivity index (χ2v) is 2.26. The fraction of sp³-hybridized carbons (Fsp3) is 0.333. The van der Waals surface area contributed by atoms with Gasteiger partial charge in [-0.3, -0.25) is 4.79 Å². The number of carbonyl (C=O) groups is 1. The van der Waals surface area contributed by atoms with E-state index in [2.05, 4.69) is 20.5 Å². The highest BCUT2D eigenvalue weighted by Crippen LogP contribution is 2.24. The molecule has 0 aromatic carbocycles. The van der Waals surface area contributed by atoms with Crippen molar-refractivity contribution in [2.75, 3.05) is 7.11 Å². The molecular formula is C6H6N4O2. The maximum absolute atomic E-state index is 11.2. The molecule has 1 amide bonds. The third-order valence-corrected chi connectivity index (χ3v) is 1.60. The van der Waals surface area contributed by atoms with Gasteiger partial charge in [-0.15, -0.1) is 5.11 Å². The van der Waals surface area contributed by atoms with Gasteiger partial charge in [0, 0.05) is 0 Å². The van der Waals surface area contributed by atoms with Crippen LogP contribution in [0.3, 0.4) is 0 Å². The van der Waals surface area contributed by atoms with Crippen LogP contribution in [0, 0.1) is 0 Å². The number of carbonyl (C=O) groups excluding carboxylic acids is 1. The Labute approximate surface area is 68.0 Å². The van der Waals surface area contributed by atoms with Gasteiger partial charge in [-0.05, 0) is 0 Å². The molecule has 1 unspecified atom stereocenters. The number of amides is 1. The molecule has 1 atom stereocenters. The summed E-state index contributed by atoms with van der Waals surface area (Å²) < 4.78 is 4.84. The minimum absolute atomic E-state index is 0.245. The molecule has 2 aliphatic heterocycles. The van der Waals surface area contributed by atoms with Crippen molar-refractivity contribution >= 4 is 12.2 Å². The van der Waals surface area contributed by atoms with Crippen molar-refractivity contribution in [1.82, 2.24) is 5.32 Å². The number of ether oxygens (including phenoxy) is 1. The molecule has 2 heterocycles. The van der Waals surface area contributed by atoms with Gasteiger partial charge in [0.15, 0.2) is 6.17 Å². The second-order valence-electron chi connectivity index (χ2n) is 2.26. The molecule has 6 nitrogen and oxygen atoms in total. The molecule has 12 heavy (non-hydrogen) atoms. The largest absolute Gasteiger partial charge is 0.479 e. The molecule has 0 fully saturated rings. The molecule has 6 heteroatoms. The van der Waals surface area contributed by atoms with Crippen molar-refractivity contribution in [3.8, 4) is 0 Å². The van der Waals surface area contributed by atoms with Gasteiger partial charge in [0.2, 0.25) is 5.88 Å². The summed E-state index contributed by atoms with van der Waals surface area (Å²) in [6, 6.07) is 0. The Balaban J connectivity index is 2.44. The third kappa shape index (κ3) is 0.810. The maximum Gasteiger partial charge on any atom is 0.262 e. The molecular weight excluding hydrogens is 160 g/mol. The smallest absolute Gasteiger partial charge is 0.262 e. The highest BCUT2D eigenvalue weighted by Gasteiger charge is 2.32. The Morgan fingerprint density at radius 1 is 1.67 bits per heavy atom. The predicted molar refractivity (Wildman–Crippen MR) is 39.3 cm³/mol. The van der Waals surface area contributed by atoms with Crippen LogP contribution >= 0.6 is 0 Å². The molecule has 0 spiro atoms. The minimum Gasteiger partial charge on any atom is -0.479 e. The van der Waals surface area contributed by atoms with Crippen molar-refractivity contribution in [3.63, 3.8) is 0 Å². The Morgan fingerprint density at radius 3 is 3.25 bits per heavy atom. The zero-order chi connectivity index (χ0) is 8.55. The minimum atomic E-state index is -0.506. The first-order valence-corrected chi connectivity index (χ1v) is 3.34. The Morgan fingerprint density at radius 2 is 2.50 bits per heavy atom. The van der Waals surface area contributed by atoms with Crippen LogP contribution in [0.15, 0.2) is 26.7 Å². The number of rotatable bonds is 1. The lowest BCUT2D eigenvalue weighted by Gasteiger charge is -2.10. The number of azo groups is 1. The van der Waals surface area contributed by atoms with Crippen LogP contribution < -0.4 is 5.32 Å². The van der Waals surface area contributed by atoms with Crippen LogP contribution in [0.2, 0.25) is 0 Å². The Hall–Kier alpha value is -1.72. The second kappa shape index (κ2) is 2.40. The topological polar surface area (TPSA) is 75.4 Å². The number of hydrogen-bond acceptors (Lipinski definition) is 5. The number of methoxy groups -OCH3 is 1. The molecule has 0 aromatic rings. The van der Waals surface area contributed by atoms with Gasteiger partial charge in [0.25, 0.3) is 5.91 Å². The van der Waals surface area contributed by atoms with Crippen LogP contribution in [-0.2, 0) is 9.53 Å². The third-order valence-electron chi connectivity index (χ3n) is 1.60. The monoisotopic (exact) mass is 166 g/mol. The van der Waals surface area contributed by atoms with Gasteiger partial charge < -0.3 is 10.1 Å². The van der Waals surface area contributed by atoms with Crippen molar-refractivity contribution < 1.29 is 9.53 Å².